The van der Waals surface area contributed by atoms with E-state index in [-0.39, 0.29) is 24.2 Å². The Labute approximate surface area is 147 Å². The van der Waals surface area contributed by atoms with Crippen LogP contribution in [0.2, 0.25) is 0 Å². The third-order valence-corrected chi connectivity index (χ3v) is 4.31. The van der Waals surface area contributed by atoms with Crippen molar-refractivity contribution in [3.63, 3.8) is 0 Å². The number of benzene rings is 1. The van der Waals surface area contributed by atoms with Crippen LogP contribution < -0.4 is 0 Å². The second-order valence-corrected chi connectivity index (χ2v) is 6.07. The highest BCUT2D eigenvalue weighted by atomic mass is 16.5. The summed E-state index contributed by atoms with van der Waals surface area (Å²) in [5.41, 5.74) is 0.901. The van der Waals surface area contributed by atoms with E-state index in [2.05, 4.69) is 0 Å². The van der Waals surface area contributed by atoms with Crippen LogP contribution in [0.15, 0.2) is 24.3 Å². The summed E-state index contributed by atoms with van der Waals surface area (Å²) in [6.07, 6.45) is 2.44. The molecule has 1 unspecified atom stereocenters. The van der Waals surface area contributed by atoms with Gasteiger partial charge in [-0.15, -0.1) is 0 Å². The SMILES string of the molecule is CCOC(=O)C(CCCCCN1C(=O)c2ccccc2C1=O)C(C)=O. The van der Waals surface area contributed by atoms with Gasteiger partial charge in [0, 0.05) is 6.54 Å². The van der Waals surface area contributed by atoms with Gasteiger partial charge in [0.1, 0.15) is 11.7 Å². The van der Waals surface area contributed by atoms with Gasteiger partial charge in [0.2, 0.25) is 0 Å². The number of Topliss-reactive ketones (excluding diaryl/α,β-unsaturated/α-hetero) is 1. The van der Waals surface area contributed by atoms with E-state index in [1.165, 1.54) is 11.8 Å². The van der Waals surface area contributed by atoms with E-state index >= 15 is 0 Å². The lowest BCUT2D eigenvalue weighted by Gasteiger charge is -2.15. The Balaban J connectivity index is 1.78. The van der Waals surface area contributed by atoms with Gasteiger partial charge in [0.05, 0.1) is 17.7 Å². The summed E-state index contributed by atoms with van der Waals surface area (Å²) < 4.78 is 4.91. The number of nitrogens with zero attached hydrogens (tertiary/aromatic N) is 1. The van der Waals surface area contributed by atoms with Crippen LogP contribution in [0.1, 0.15) is 60.2 Å². The molecule has 1 aliphatic heterocycles. The van der Waals surface area contributed by atoms with Gasteiger partial charge in [0.15, 0.2) is 0 Å². The fourth-order valence-electron chi connectivity index (χ4n) is 2.97. The molecule has 25 heavy (non-hydrogen) atoms. The van der Waals surface area contributed by atoms with Crippen LogP contribution in [0, 0.1) is 5.92 Å². The van der Waals surface area contributed by atoms with Crippen LogP contribution in [0.5, 0.6) is 0 Å². The molecule has 134 valence electrons. The maximum atomic E-state index is 12.2. The summed E-state index contributed by atoms with van der Waals surface area (Å²) in [6.45, 7) is 3.69. The van der Waals surface area contributed by atoms with Crippen molar-refractivity contribution in [3.8, 4) is 0 Å². The summed E-state index contributed by atoms with van der Waals surface area (Å²) in [7, 11) is 0. The van der Waals surface area contributed by atoms with Gasteiger partial charge in [-0.2, -0.15) is 0 Å². The average Bonchev–Trinajstić information content (AvgIpc) is 2.82. The Hall–Kier alpha value is -2.50. The Morgan fingerprint density at radius 1 is 1.04 bits per heavy atom. The van der Waals surface area contributed by atoms with Crippen LogP contribution in [-0.4, -0.2) is 41.6 Å². The van der Waals surface area contributed by atoms with E-state index in [0.29, 0.717) is 36.9 Å². The number of rotatable bonds is 9. The highest BCUT2D eigenvalue weighted by Gasteiger charge is 2.34. The number of amides is 2. The van der Waals surface area contributed by atoms with Gasteiger partial charge in [-0.05, 0) is 38.8 Å². The molecule has 0 spiro atoms. The highest BCUT2D eigenvalue weighted by molar-refractivity contribution is 6.21. The molecule has 0 bridgehead atoms. The number of ketones is 1. The van der Waals surface area contributed by atoms with Crippen molar-refractivity contribution >= 4 is 23.6 Å². The minimum Gasteiger partial charge on any atom is -0.465 e. The molecular formula is C19H23NO5. The third-order valence-electron chi connectivity index (χ3n) is 4.31. The first-order chi connectivity index (χ1) is 12.0. The number of fused-ring (bicyclic) bond motifs is 1. The molecule has 0 saturated carbocycles. The molecule has 1 aliphatic rings. The molecule has 1 heterocycles. The molecule has 0 aliphatic carbocycles. The fraction of sp³-hybridized carbons (Fsp3) is 0.474. The van der Waals surface area contributed by atoms with Gasteiger partial charge < -0.3 is 4.74 Å². The third kappa shape index (κ3) is 4.32. The van der Waals surface area contributed by atoms with Crippen molar-refractivity contribution in [1.29, 1.82) is 0 Å². The summed E-state index contributed by atoms with van der Waals surface area (Å²) in [5, 5.41) is 0. The summed E-state index contributed by atoms with van der Waals surface area (Å²) >= 11 is 0. The monoisotopic (exact) mass is 345 g/mol. The van der Waals surface area contributed by atoms with E-state index in [1.54, 1.807) is 31.2 Å². The van der Waals surface area contributed by atoms with Crippen LogP contribution >= 0.6 is 0 Å². The molecule has 1 aromatic rings. The van der Waals surface area contributed by atoms with Gasteiger partial charge in [0.25, 0.3) is 11.8 Å². The number of unbranched alkanes of at least 4 members (excludes halogenated alkanes) is 2. The van der Waals surface area contributed by atoms with Crippen molar-refractivity contribution in [2.24, 2.45) is 5.92 Å². The lowest BCUT2D eigenvalue weighted by Crippen LogP contribution is -2.30. The fourth-order valence-corrected chi connectivity index (χ4v) is 2.97. The van der Waals surface area contributed by atoms with Gasteiger partial charge in [-0.25, -0.2) is 0 Å². The average molecular weight is 345 g/mol. The smallest absolute Gasteiger partial charge is 0.316 e. The van der Waals surface area contributed by atoms with E-state index < -0.39 is 11.9 Å². The molecule has 0 N–H and O–H groups in total. The van der Waals surface area contributed by atoms with Crippen LogP contribution in [-0.2, 0) is 14.3 Å². The summed E-state index contributed by atoms with van der Waals surface area (Å²) in [6, 6.07) is 6.80. The zero-order valence-corrected chi connectivity index (χ0v) is 14.6. The van der Waals surface area contributed by atoms with Crippen LogP contribution in [0.4, 0.5) is 0 Å². The van der Waals surface area contributed by atoms with E-state index in [9.17, 15) is 19.2 Å². The zero-order valence-electron chi connectivity index (χ0n) is 14.6. The predicted molar refractivity (Wildman–Crippen MR) is 91.1 cm³/mol. The van der Waals surface area contributed by atoms with Gasteiger partial charge >= 0.3 is 5.97 Å². The minimum absolute atomic E-state index is 0.196. The van der Waals surface area contributed by atoms with Crippen molar-refractivity contribution in [1.82, 2.24) is 4.90 Å². The molecule has 0 radical (unpaired) electrons. The lowest BCUT2D eigenvalue weighted by molar-refractivity contribution is -0.151. The standard InChI is InChI=1S/C19H23NO5/c1-3-25-19(24)14(13(2)21)9-5-4-8-12-20-17(22)15-10-6-7-11-16(15)18(20)23/h6-7,10-11,14H,3-5,8-9,12H2,1-2H3. The second-order valence-electron chi connectivity index (χ2n) is 6.07. The maximum absolute atomic E-state index is 12.2. The number of carbonyl (C=O) groups is 4. The molecule has 1 aromatic carbocycles. The molecule has 2 rings (SSSR count). The number of carbonyl (C=O) groups excluding carboxylic acids is 4. The summed E-state index contributed by atoms with van der Waals surface area (Å²) in [4.78, 5) is 49.0. The van der Waals surface area contributed by atoms with Crippen molar-refractivity contribution in [2.45, 2.75) is 39.5 Å². The molecular weight excluding hydrogens is 322 g/mol. The van der Waals surface area contributed by atoms with Gasteiger partial charge in [-0.3, -0.25) is 24.1 Å². The van der Waals surface area contributed by atoms with E-state index in [0.717, 1.165) is 6.42 Å². The second kappa shape index (κ2) is 8.55. The van der Waals surface area contributed by atoms with Crippen molar-refractivity contribution in [2.75, 3.05) is 13.2 Å². The molecule has 6 heteroatoms. The number of hydrogen-bond donors (Lipinski definition) is 0. The first-order valence-corrected chi connectivity index (χ1v) is 8.59. The first kappa shape index (κ1) is 18.8. The normalized spacial score (nSPS) is 14.4. The molecule has 2 amide bonds. The molecule has 0 aromatic heterocycles. The summed E-state index contributed by atoms with van der Waals surface area (Å²) in [5.74, 6) is -1.91. The molecule has 0 fully saturated rings. The van der Waals surface area contributed by atoms with Crippen molar-refractivity contribution in [3.05, 3.63) is 35.4 Å². The zero-order chi connectivity index (χ0) is 18.4. The maximum Gasteiger partial charge on any atom is 0.316 e. The number of ether oxygens (including phenoxy) is 1. The quantitative estimate of drug-likeness (QED) is 0.297. The Bertz CT molecular complexity index is 647. The Morgan fingerprint density at radius 3 is 2.16 bits per heavy atom. The van der Waals surface area contributed by atoms with Gasteiger partial charge in [-0.1, -0.05) is 25.0 Å². The minimum atomic E-state index is -0.723. The van der Waals surface area contributed by atoms with E-state index in [4.69, 9.17) is 4.74 Å². The van der Waals surface area contributed by atoms with Crippen molar-refractivity contribution < 1.29 is 23.9 Å². The lowest BCUT2D eigenvalue weighted by atomic mass is 9.97. The first-order valence-electron chi connectivity index (χ1n) is 8.59. The topological polar surface area (TPSA) is 80.8 Å². The predicted octanol–water partition coefficient (Wildman–Crippen LogP) is 2.61. The van der Waals surface area contributed by atoms with Crippen LogP contribution in [0.3, 0.4) is 0 Å². The number of imide groups is 1. The van der Waals surface area contributed by atoms with Crippen LogP contribution in [0.25, 0.3) is 0 Å². The molecule has 6 nitrogen and oxygen atoms in total. The largest absolute Gasteiger partial charge is 0.465 e. The molecule has 1 atom stereocenters. The van der Waals surface area contributed by atoms with E-state index in [1.807, 2.05) is 0 Å². The number of esters is 1. The molecule has 0 saturated heterocycles. The number of hydrogen-bond acceptors (Lipinski definition) is 5. The highest BCUT2D eigenvalue weighted by Crippen LogP contribution is 2.23. The Kier molecular flexibility index (Phi) is 6.44. The Morgan fingerprint density at radius 2 is 1.64 bits per heavy atom.